The average Bonchev–Trinajstić information content (AvgIpc) is 2.37. The fourth-order valence-electron chi connectivity index (χ4n) is 2.27. The predicted molar refractivity (Wildman–Crippen MR) is 85.4 cm³/mol. The molecular weight excluding hydrogens is 249 g/mol. The summed E-state index contributed by atoms with van der Waals surface area (Å²) < 4.78 is 13.0. The van der Waals surface area contributed by atoms with E-state index in [1.165, 1.54) is 5.56 Å². The first-order chi connectivity index (χ1) is 9.32. The second-order valence-electron chi connectivity index (χ2n) is 6.98. The van der Waals surface area contributed by atoms with Gasteiger partial charge in [0.2, 0.25) is 0 Å². The van der Waals surface area contributed by atoms with Crippen LogP contribution in [0.25, 0.3) is 0 Å². The van der Waals surface area contributed by atoms with Crippen molar-refractivity contribution in [2.45, 2.75) is 59.9 Å². The Labute approximate surface area is 124 Å². The van der Waals surface area contributed by atoms with Gasteiger partial charge in [0.15, 0.2) is 0 Å². The third-order valence-electron chi connectivity index (χ3n) is 4.19. The Morgan fingerprint density at radius 3 is 2.25 bits per heavy atom. The molecule has 114 valence electrons. The van der Waals surface area contributed by atoms with Crippen molar-refractivity contribution >= 4 is 0 Å². The summed E-state index contributed by atoms with van der Waals surface area (Å²) in [7, 11) is 0. The summed E-state index contributed by atoms with van der Waals surface area (Å²) in [6.45, 7) is 12.5. The van der Waals surface area contributed by atoms with E-state index < -0.39 is 0 Å². The molecule has 2 heteroatoms. The minimum Gasteiger partial charge on any atom is -0.314 e. The van der Waals surface area contributed by atoms with Crippen LogP contribution in [-0.4, -0.2) is 12.6 Å². The van der Waals surface area contributed by atoms with E-state index in [9.17, 15) is 4.39 Å². The van der Waals surface area contributed by atoms with Crippen LogP contribution >= 0.6 is 0 Å². The third-order valence-corrected chi connectivity index (χ3v) is 4.19. The zero-order valence-corrected chi connectivity index (χ0v) is 13.7. The number of hydrogen-bond donors (Lipinski definition) is 1. The van der Waals surface area contributed by atoms with Gasteiger partial charge in [0.1, 0.15) is 5.82 Å². The molecule has 1 aromatic carbocycles. The highest BCUT2D eigenvalue weighted by Gasteiger charge is 2.23. The molecule has 1 aromatic rings. The lowest BCUT2D eigenvalue weighted by molar-refractivity contribution is 0.222. The van der Waals surface area contributed by atoms with Crippen LogP contribution < -0.4 is 5.32 Å². The van der Waals surface area contributed by atoms with Crippen molar-refractivity contribution in [2.24, 2.45) is 11.3 Å². The molecule has 0 saturated carbocycles. The lowest BCUT2D eigenvalue weighted by Crippen LogP contribution is -2.35. The summed E-state index contributed by atoms with van der Waals surface area (Å²) in [5, 5.41) is 3.64. The van der Waals surface area contributed by atoms with E-state index >= 15 is 0 Å². The molecule has 0 spiro atoms. The number of nitrogens with one attached hydrogen (secondary N) is 1. The number of halogens is 1. The van der Waals surface area contributed by atoms with E-state index in [1.807, 2.05) is 12.1 Å². The molecular formula is C18H30FN. The molecule has 0 heterocycles. The molecule has 0 bridgehead atoms. The van der Waals surface area contributed by atoms with E-state index in [0.717, 1.165) is 25.8 Å². The van der Waals surface area contributed by atoms with E-state index in [1.54, 1.807) is 12.1 Å². The lowest BCUT2D eigenvalue weighted by Gasteiger charge is -2.31. The molecule has 1 rings (SSSR count). The molecule has 1 N–H and O–H groups in total. The monoisotopic (exact) mass is 279 g/mol. The summed E-state index contributed by atoms with van der Waals surface area (Å²) >= 11 is 0. The van der Waals surface area contributed by atoms with Gasteiger partial charge in [0.05, 0.1) is 0 Å². The SMILES string of the molecule is CCCNC(Cc1ccc(F)cc1)CC(C)C(C)(C)C. The van der Waals surface area contributed by atoms with Crippen LogP contribution in [0, 0.1) is 17.2 Å². The van der Waals surface area contributed by atoms with E-state index in [-0.39, 0.29) is 5.82 Å². The van der Waals surface area contributed by atoms with Crippen molar-refractivity contribution in [3.63, 3.8) is 0 Å². The van der Waals surface area contributed by atoms with Gasteiger partial charge in [-0.2, -0.15) is 0 Å². The molecule has 1 nitrogen and oxygen atoms in total. The lowest BCUT2D eigenvalue weighted by atomic mass is 9.78. The molecule has 0 radical (unpaired) electrons. The highest BCUT2D eigenvalue weighted by atomic mass is 19.1. The van der Waals surface area contributed by atoms with Crippen LogP contribution in [0.5, 0.6) is 0 Å². The largest absolute Gasteiger partial charge is 0.314 e. The molecule has 2 atom stereocenters. The fourth-order valence-corrected chi connectivity index (χ4v) is 2.27. The predicted octanol–water partition coefficient (Wildman–Crippen LogP) is 4.81. The summed E-state index contributed by atoms with van der Waals surface area (Å²) in [6.07, 6.45) is 3.27. The fraction of sp³-hybridized carbons (Fsp3) is 0.667. The van der Waals surface area contributed by atoms with Crippen molar-refractivity contribution in [2.75, 3.05) is 6.54 Å². The van der Waals surface area contributed by atoms with Gasteiger partial charge in [0, 0.05) is 6.04 Å². The third kappa shape index (κ3) is 6.04. The van der Waals surface area contributed by atoms with Crippen LogP contribution in [0.3, 0.4) is 0 Å². The van der Waals surface area contributed by atoms with E-state index in [4.69, 9.17) is 0 Å². The molecule has 20 heavy (non-hydrogen) atoms. The Balaban J connectivity index is 2.66. The zero-order valence-electron chi connectivity index (χ0n) is 13.7. The van der Waals surface area contributed by atoms with Gasteiger partial charge < -0.3 is 5.32 Å². The second-order valence-corrected chi connectivity index (χ2v) is 6.98. The van der Waals surface area contributed by atoms with Gasteiger partial charge in [0.25, 0.3) is 0 Å². The minimum atomic E-state index is -0.158. The van der Waals surface area contributed by atoms with Crippen molar-refractivity contribution in [3.05, 3.63) is 35.6 Å². The summed E-state index contributed by atoms with van der Waals surface area (Å²) in [4.78, 5) is 0. The van der Waals surface area contributed by atoms with Crippen LogP contribution in [0.15, 0.2) is 24.3 Å². The van der Waals surface area contributed by atoms with Gasteiger partial charge in [-0.15, -0.1) is 0 Å². The number of rotatable bonds is 7. The molecule has 2 unspecified atom stereocenters. The normalized spacial score (nSPS) is 15.1. The molecule has 0 fully saturated rings. The Kier molecular flexibility index (Phi) is 6.67. The van der Waals surface area contributed by atoms with Crippen LogP contribution in [0.4, 0.5) is 4.39 Å². The summed E-state index contributed by atoms with van der Waals surface area (Å²) in [6, 6.07) is 7.38. The topological polar surface area (TPSA) is 12.0 Å². The molecule has 0 aliphatic heterocycles. The molecule has 0 aliphatic carbocycles. The van der Waals surface area contributed by atoms with Gasteiger partial charge in [-0.3, -0.25) is 0 Å². The summed E-state index contributed by atoms with van der Waals surface area (Å²) in [5.41, 5.74) is 1.54. The van der Waals surface area contributed by atoms with Crippen molar-refractivity contribution in [1.29, 1.82) is 0 Å². The Hall–Kier alpha value is -0.890. The average molecular weight is 279 g/mol. The molecule has 0 aliphatic rings. The number of hydrogen-bond acceptors (Lipinski definition) is 1. The van der Waals surface area contributed by atoms with E-state index in [2.05, 4.69) is 39.9 Å². The maximum absolute atomic E-state index is 13.0. The summed E-state index contributed by atoms with van der Waals surface area (Å²) in [5.74, 6) is 0.493. The zero-order chi connectivity index (χ0) is 15.2. The van der Waals surface area contributed by atoms with Crippen LogP contribution in [0.2, 0.25) is 0 Å². The highest BCUT2D eigenvalue weighted by molar-refractivity contribution is 5.17. The van der Waals surface area contributed by atoms with Crippen LogP contribution in [-0.2, 0) is 6.42 Å². The standard InChI is InChI=1S/C18H30FN/c1-6-11-20-17(12-14(2)18(3,4)5)13-15-7-9-16(19)10-8-15/h7-10,14,17,20H,6,11-13H2,1-5H3. The maximum Gasteiger partial charge on any atom is 0.123 e. The molecule has 0 amide bonds. The van der Waals surface area contributed by atoms with Crippen molar-refractivity contribution in [3.8, 4) is 0 Å². The number of benzene rings is 1. The molecule has 0 aromatic heterocycles. The van der Waals surface area contributed by atoms with Gasteiger partial charge in [-0.25, -0.2) is 4.39 Å². The second kappa shape index (κ2) is 7.78. The van der Waals surface area contributed by atoms with E-state index in [0.29, 0.717) is 17.4 Å². The first-order valence-corrected chi connectivity index (χ1v) is 7.80. The highest BCUT2D eigenvalue weighted by Crippen LogP contribution is 2.29. The maximum atomic E-state index is 13.0. The quantitative estimate of drug-likeness (QED) is 0.755. The van der Waals surface area contributed by atoms with Gasteiger partial charge in [-0.05, 0) is 54.8 Å². The van der Waals surface area contributed by atoms with Gasteiger partial charge in [-0.1, -0.05) is 46.8 Å². The minimum absolute atomic E-state index is 0.158. The van der Waals surface area contributed by atoms with Crippen LogP contribution in [0.1, 0.15) is 53.0 Å². The van der Waals surface area contributed by atoms with Crippen molar-refractivity contribution < 1.29 is 4.39 Å². The Bertz CT molecular complexity index is 377. The van der Waals surface area contributed by atoms with Crippen molar-refractivity contribution in [1.82, 2.24) is 5.32 Å². The Morgan fingerprint density at radius 1 is 1.15 bits per heavy atom. The molecule has 0 saturated heterocycles. The Morgan fingerprint density at radius 2 is 1.75 bits per heavy atom. The van der Waals surface area contributed by atoms with Gasteiger partial charge >= 0.3 is 0 Å². The first kappa shape index (κ1) is 17.2. The first-order valence-electron chi connectivity index (χ1n) is 7.80. The smallest absolute Gasteiger partial charge is 0.123 e.